The molecule has 2 amide bonds. The van der Waals surface area contributed by atoms with E-state index in [2.05, 4.69) is 15.5 Å². The van der Waals surface area contributed by atoms with Gasteiger partial charge in [-0.15, -0.1) is 0 Å². The van der Waals surface area contributed by atoms with E-state index in [1.54, 1.807) is 6.07 Å². The third-order valence-corrected chi connectivity index (χ3v) is 5.50. The second kappa shape index (κ2) is 11.8. The summed E-state index contributed by atoms with van der Waals surface area (Å²) in [5.74, 6) is -0.817. The van der Waals surface area contributed by atoms with Crippen molar-refractivity contribution in [3.8, 4) is 5.75 Å². The van der Waals surface area contributed by atoms with Gasteiger partial charge in [-0.3, -0.25) is 19.7 Å². The van der Waals surface area contributed by atoms with Crippen LogP contribution in [0.3, 0.4) is 0 Å². The fourth-order valence-electron chi connectivity index (χ4n) is 3.77. The number of carbonyl (C=O) groups excluding carboxylic acids is 2. The maximum Gasteiger partial charge on any atom is 0.310 e. The number of benzene rings is 2. The van der Waals surface area contributed by atoms with Gasteiger partial charge in [0.05, 0.1) is 4.92 Å². The lowest BCUT2D eigenvalue weighted by Gasteiger charge is -2.21. The number of para-hydroxylation sites is 2. The summed E-state index contributed by atoms with van der Waals surface area (Å²) in [6.07, 6.45) is 4.44. The van der Waals surface area contributed by atoms with Crippen molar-refractivity contribution in [3.05, 3.63) is 58.6 Å². The molecule has 0 aromatic heterocycles. The zero-order chi connectivity index (χ0) is 23.6. The van der Waals surface area contributed by atoms with Gasteiger partial charge in [-0.25, -0.2) is 0 Å². The zero-order valence-electron chi connectivity index (χ0n) is 18.8. The third kappa shape index (κ3) is 6.93. The molecule has 1 saturated heterocycles. The Morgan fingerprint density at radius 2 is 1.91 bits per heavy atom. The van der Waals surface area contributed by atoms with Crippen molar-refractivity contribution in [2.45, 2.75) is 45.1 Å². The topological polar surface area (TPSA) is 114 Å². The molecule has 0 radical (unpaired) electrons. The number of carbonyl (C=O) groups is 2. The van der Waals surface area contributed by atoms with Gasteiger partial charge < -0.3 is 20.3 Å². The second-order valence-electron chi connectivity index (χ2n) is 8.01. The van der Waals surface area contributed by atoms with E-state index >= 15 is 0 Å². The van der Waals surface area contributed by atoms with E-state index in [0.717, 1.165) is 44.5 Å². The SMILES string of the molecule is CCCCC(NC(=O)COc1ccccc1[N+](=O)[O-])C(=O)Nc1cccc(N2CCCC2)c1. The lowest BCUT2D eigenvalue weighted by atomic mass is 10.1. The molecule has 1 fully saturated rings. The molecule has 0 spiro atoms. The van der Waals surface area contributed by atoms with Gasteiger partial charge in [0.2, 0.25) is 5.91 Å². The highest BCUT2D eigenvalue weighted by Gasteiger charge is 2.22. The van der Waals surface area contributed by atoms with Crippen LogP contribution in [0, 0.1) is 10.1 Å². The van der Waals surface area contributed by atoms with Crippen molar-refractivity contribution in [2.24, 2.45) is 0 Å². The van der Waals surface area contributed by atoms with Crippen LogP contribution in [0.5, 0.6) is 5.75 Å². The minimum absolute atomic E-state index is 0.00550. The van der Waals surface area contributed by atoms with E-state index in [9.17, 15) is 19.7 Å². The van der Waals surface area contributed by atoms with Crippen molar-refractivity contribution >= 4 is 28.9 Å². The molecule has 1 aliphatic rings. The molecule has 2 aromatic rings. The molecule has 9 heteroatoms. The number of rotatable bonds is 11. The molecule has 3 rings (SSSR count). The standard InChI is InChI=1S/C24H30N4O5/c1-2-3-11-20(26-23(29)17-33-22-13-5-4-12-21(22)28(31)32)24(30)25-18-9-8-10-19(16-18)27-14-6-7-15-27/h4-5,8-10,12-13,16,20H,2-3,6-7,11,14-15,17H2,1H3,(H,25,30)(H,26,29). The Balaban J connectivity index is 1.60. The van der Waals surface area contributed by atoms with Crippen LogP contribution in [0.2, 0.25) is 0 Å². The van der Waals surface area contributed by atoms with Crippen LogP contribution in [0.15, 0.2) is 48.5 Å². The normalized spacial score (nSPS) is 13.9. The number of unbranched alkanes of at least 4 members (excludes halogenated alkanes) is 1. The first kappa shape index (κ1) is 24.0. The zero-order valence-corrected chi connectivity index (χ0v) is 18.8. The van der Waals surface area contributed by atoms with Gasteiger partial charge in [-0.2, -0.15) is 0 Å². The highest BCUT2D eigenvalue weighted by molar-refractivity contribution is 5.97. The minimum atomic E-state index is -0.734. The highest BCUT2D eigenvalue weighted by Crippen LogP contribution is 2.26. The van der Waals surface area contributed by atoms with E-state index in [4.69, 9.17) is 4.74 Å². The second-order valence-corrected chi connectivity index (χ2v) is 8.01. The summed E-state index contributed by atoms with van der Waals surface area (Å²) in [5.41, 5.74) is 1.53. The molecule has 176 valence electrons. The molecule has 0 bridgehead atoms. The van der Waals surface area contributed by atoms with E-state index in [0.29, 0.717) is 12.1 Å². The first-order valence-electron chi connectivity index (χ1n) is 11.3. The molecule has 2 N–H and O–H groups in total. The number of ether oxygens (including phenoxy) is 1. The van der Waals surface area contributed by atoms with Crippen LogP contribution in [0.25, 0.3) is 0 Å². The largest absolute Gasteiger partial charge is 0.477 e. The average Bonchev–Trinajstić information content (AvgIpc) is 3.36. The molecule has 0 saturated carbocycles. The number of amides is 2. The van der Waals surface area contributed by atoms with E-state index in [-0.39, 0.29) is 17.3 Å². The quantitative estimate of drug-likeness (QED) is 0.393. The Morgan fingerprint density at radius 3 is 2.64 bits per heavy atom. The van der Waals surface area contributed by atoms with E-state index in [1.165, 1.54) is 18.2 Å². The number of anilines is 2. The first-order chi connectivity index (χ1) is 16.0. The van der Waals surface area contributed by atoms with Crippen molar-refractivity contribution in [2.75, 3.05) is 29.9 Å². The third-order valence-electron chi connectivity index (χ3n) is 5.50. The summed E-state index contributed by atoms with van der Waals surface area (Å²) in [4.78, 5) is 38.2. The molecule has 33 heavy (non-hydrogen) atoms. The van der Waals surface area contributed by atoms with Gasteiger partial charge in [-0.1, -0.05) is 38.0 Å². The molecule has 1 atom stereocenters. The molecule has 1 aliphatic heterocycles. The van der Waals surface area contributed by atoms with Crippen LogP contribution < -0.4 is 20.3 Å². The van der Waals surface area contributed by atoms with Gasteiger partial charge in [0.25, 0.3) is 5.91 Å². The summed E-state index contributed by atoms with van der Waals surface area (Å²) < 4.78 is 5.35. The van der Waals surface area contributed by atoms with Crippen molar-refractivity contribution in [1.82, 2.24) is 5.32 Å². The van der Waals surface area contributed by atoms with Crippen LogP contribution in [-0.4, -0.2) is 42.5 Å². The monoisotopic (exact) mass is 454 g/mol. The Bertz CT molecular complexity index is 975. The van der Waals surface area contributed by atoms with Gasteiger partial charge in [-0.05, 0) is 43.5 Å². The predicted octanol–water partition coefficient (Wildman–Crippen LogP) is 3.89. The number of nitro benzene ring substituents is 1. The Kier molecular flexibility index (Phi) is 8.63. The summed E-state index contributed by atoms with van der Waals surface area (Å²) in [6, 6.07) is 12.8. The minimum Gasteiger partial charge on any atom is -0.477 e. The summed E-state index contributed by atoms with van der Waals surface area (Å²) in [7, 11) is 0. The molecule has 2 aromatic carbocycles. The van der Waals surface area contributed by atoms with Crippen LogP contribution in [0.4, 0.5) is 17.1 Å². The predicted molar refractivity (Wildman–Crippen MR) is 127 cm³/mol. The summed E-state index contributed by atoms with van der Waals surface area (Å²) >= 11 is 0. The van der Waals surface area contributed by atoms with Crippen LogP contribution in [-0.2, 0) is 9.59 Å². The number of hydrogen-bond acceptors (Lipinski definition) is 6. The smallest absolute Gasteiger partial charge is 0.310 e. The molecule has 1 unspecified atom stereocenters. The Labute approximate surface area is 193 Å². The van der Waals surface area contributed by atoms with E-state index < -0.39 is 23.5 Å². The highest BCUT2D eigenvalue weighted by atomic mass is 16.6. The maximum absolute atomic E-state index is 12.9. The number of nitro groups is 1. The molecule has 1 heterocycles. The number of nitrogens with zero attached hydrogens (tertiary/aromatic N) is 2. The van der Waals surface area contributed by atoms with Gasteiger partial charge >= 0.3 is 5.69 Å². The fourth-order valence-corrected chi connectivity index (χ4v) is 3.77. The van der Waals surface area contributed by atoms with Crippen molar-refractivity contribution in [1.29, 1.82) is 0 Å². The van der Waals surface area contributed by atoms with E-state index in [1.807, 2.05) is 31.2 Å². The average molecular weight is 455 g/mol. The Morgan fingerprint density at radius 1 is 1.15 bits per heavy atom. The van der Waals surface area contributed by atoms with Gasteiger partial charge in [0, 0.05) is 30.5 Å². The molecular formula is C24H30N4O5. The molecule has 9 nitrogen and oxygen atoms in total. The van der Waals surface area contributed by atoms with Crippen molar-refractivity contribution < 1.29 is 19.2 Å². The van der Waals surface area contributed by atoms with Crippen LogP contribution >= 0.6 is 0 Å². The first-order valence-corrected chi connectivity index (χ1v) is 11.3. The van der Waals surface area contributed by atoms with Crippen LogP contribution in [0.1, 0.15) is 39.0 Å². The lowest BCUT2D eigenvalue weighted by molar-refractivity contribution is -0.385. The Hall–Kier alpha value is -3.62. The van der Waals surface area contributed by atoms with Gasteiger partial charge in [0.1, 0.15) is 6.04 Å². The lowest BCUT2D eigenvalue weighted by Crippen LogP contribution is -2.45. The molecular weight excluding hydrogens is 424 g/mol. The van der Waals surface area contributed by atoms with Crippen molar-refractivity contribution in [3.63, 3.8) is 0 Å². The summed E-state index contributed by atoms with van der Waals surface area (Å²) in [5, 5.41) is 16.7. The maximum atomic E-state index is 12.9. The number of nitrogens with one attached hydrogen (secondary N) is 2. The fraction of sp³-hybridized carbons (Fsp3) is 0.417. The molecule has 0 aliphatic carbocycles. The summed E-state index contributed by atoms with van der Waals surface area (Å²) in [6.45, 7) is 3.59. The number of hydrogen-bond donors (Lipinski definition) is 2. The van der Waals surface area contributed by atoms with Gasteiger partial charge in [0.15, 0.2) is 12.4 Å².